The van der Waals surface area contributed by atoms with E-state index in [0.29, 0.717) is 0 Å². The Labute approximate surface area is 53.6 Å². The Balaban J connectivity index is 3.34. The molecule has 0 unspecified atom stereocenters. The fourth-order valence-electron chi connectivity index (χ4n) is 0.604. The molecule has 0 amide bonds. The van der Waals surface area contributed by atoms with Gasteiger partial charge in [-0.2, -0.15) is 0 Å². The molecule has 0 fully saturated rings. The van der Waals surface area contributed by atoms with Crippen LogP contribution in [0.2, 0.25) is 0 Å². The molecule has 0 atom stereocenters. The molecule has 1 nitrogen and oxygen atoms in total. The van der Waals surface area contributed by atoms with Gasteiger partial charge >= 0.3 is 0 Å². The van der Waals surface area contributed by atoms with E-state index in [0.717, 1.165) is 16.7 Å². The van der Waals surface area contributed by atoms with Crippen LogP contribution in [0.3, 0.4) is 0 Å². The Morgan fingerprint density at radius 2 is 1.78 bits per heavy atom. The zero-order valence-corrected chi connectivity index (χ0v) is 5.04. The summed E-state index contributed by atoms with van der Waals surface area (Å²) in [5.41, 5.74) is 0. The van der Waals surface area contributed by atoms with Crippen molar-refractivity contribution >= 4 is 12.8 Å². The minimum Gasteiger partial charge on any atom is -0.515 e. The van der Waals surface area contributed by atoms with Gasteiger partial charge in [0, 0.05) is 5.22 Å². The van der Waals surface area contributed by atoms with E-state index in [1.807, 2.05) is 24.3 Å². The minimum absolute atomic E-state index is 0.808. The second kappa shape index (κ2) is 2.35. The first-order chi connectivity index (χ1) is 4.33. The van der Waals surface area contributed by atoms with E-state index >= 15 is 0 Å². The van der Waals surface area contributed by atoms with Crippen molar-refractivity contribution in [3.63, 3.8) is 0 Å². The summed E-state index contributed by atoms with van der Waals surface area (Å²) in [6, 6.07) is 7.31. The standard InChI is InChI=1S/C8H8O/c1-7-2-4-8(6-9)5-3-7/h2-6,9H,1H2. The molecule has 0 saturated heterocycles. The summed E-state index contributed by atoms with van der Waals surface area (Å²) in [7, 11) is 0. The molecule has 1 N–H and O–H groups in total. The minimum atomic E-state index is 0.808. The number of hydrogen-bond acceptors (Lipinski definition) is 1. The summed E-state index contributed by atoms with van der Waals surface area (Å²) in [5.74, 6) is 0. The molecular weight excluding hydrogens is 112 g/mol. The van der Waals surface area contributed by atoms with E-state index in [-0.39, 0.29) is 0 Å². The van der Waals surface area contributed by atoms with E-state index in [9.17, 15) is 0 Å². The number of hydrogen-bond donors (Lipinski definition) is 1. The third-order valence-corrected chi connectivity index (χ3v) is 1.13. The molecule has 0 spiro atoms. The summed E-state index contributed by atoms with van der Waals surface area (Å²) in [6.45, 7) is 3.70. The van der Waals surface area contributed by atoms with Gasteiger partial charge in [0.1, 0.15) is 0 Å². The van der Waals surface area contributed by atoms with Gasteiger partial charge < -0.3 is 5.11 Å². The maximum absolute atomic E-state index is 8.48. The summed E-state index contributed by atoms with van der Waals surface area (Å²) in [6.07, 6.45) is 1.07. The van der Waals surface area contributed by atoms with Gasteiger partial charge in [0.15, 0.2) is 0 Å². The van der Waals surface area contributed by atoms with Gasteiger partial charge in [-0.05, 0) is 5.22 Å². The number of benzene rings is 1. The fourth-order valence-corrected chi connectivity index (χ4v) is 0.604. The van der Waals surface area contributed by atoms with E-state index in [1.54, 1.807) is 0 Å². The first kappa shape index (κ1) is 5.89. The molecule has 0 aliphatic heterocycles. The van der Waals surface area contributed by atoms with Gasteiger partial charge in [-0.3, -0.25) is 0 Å². The summed E-state index contributed by atoms with van der Waals surface area (Å²) in [5, 5.41) is 10.2. The van der Waals surface area contributed by atoms with Gasteiger partial charge in [-0.1, -0.05) is 30.8 Å². The van der Waals surface area contributed by atoms with Gasteiger partial charge in [-0.25, -0.2) is 0 Å². The first-order valence-electron chi connectivity index (χ1n) is 2.72. The summed E-state index contributed by atoms with van der Waals surface area (Å²) < 4.78 is 0. The van der Waals surface area contributed by atoms with Crippen LogP contribution in [-0.2, 0) is 0 Å². The number of aliphatic hydroxyl groups is 1. The van der Waals surface area contributed by atoms with Crippen LogP contribution in [0.15, 0.2) is 24.3 Å². The molecule has 0 aromatic heterocycles. The lowest BCUT2D eigenvalue weighted by atomic mass is 10.3. The number of rotatable bonds is 0. The molecule has 0 aliphatic rings. The smallest absolute Gasteiger partial charge is 0.0864 e. The molecule has 9 heavy (non-hydrogen) atoms. The Morgan fingerprint density at radius 3 is 2.22 bits per heavy atom. The van der Waals surface area contributed by atoms with Crippen LogP contribution in [0.1, 0.15) is 0 Å². The van der Waals surface area contributed by atoms with Crippen molar-refractivity contribution in [3.8, 4) is 0 Å². The van der Waals surface area contributed by atoms with E-state index in [1.165, 1.54) is 0 Å². The summed E-state index contributed by atoms with van der Waals surface area (Å²) in [4.78, 5) is 0. The Bertz CT molecular complexity index is 264. The maximum Gasteiger partial charge on any atom is 0.0864 e. The second-order valence-corrected chi connectivity index (χ2v) is 1.87. The quantitative estimate of drug-likeness (QED) is 0.525. The van der Waals surface area contributed by atoms with Crippen molar-refractivity contribution in [1.29, 1.82) is 0 Å². The predicted octanol–water partition coefficient (Wildman–Crippen LogP) is 0.393. The lowest BCUT2D eigenvalue weighted by Gasteiger charge is -1.81. The zero-order chi connectivity index (χ0) is 6.69. The van der Waals surface area contributed by atoms with Crippen molar-refractivity contribution < 1.29 is 5.11 Å². The average molecular weight is 120 g/mol. The van der Waals surface area contributed by atoms with Crippen LogP contribution >= 0.6 is 0 Å². The van der Waals surface area contributed by atoms with Gasteiger partial charge in [-0.15, -0.1) is 0 Å². The predicted molar refractivity (Wildman–Crippen MR) is 38.3 cm³/mol. The van der Waals surface area contributed by atoms with Gasteiger partial charge in [0.2, 0.25) is 0 Å². The van der Waals surface area contributed by atoms with Gasteiger partial charge in [0.05, 0.1) is 6.26 Å². The van der Waals surface area contributed by atoms with Crippen molar-refractivity contribution in [2.45, 2.75) is 0 Å². The molecule has 1 rings (SSSR count). The van der Waals surface area contributed by atoms with Crippen LogP contribution in [0.25, 0.3) is 12.8 Å². The fraction of sp³-hybridized carbons (Fsp3) is 0. The Morgan fingerprint density at radius 1 is 1.22 bits per heavy atom. The Kier molecular flexibility index (Phi) is 1.54. The van der Waals surface area contributed by atoms with Crippen LogP contribution < -0.4 is 10.4 Å². The molecule has 0 bridgehead atoms. The second-order valence-electron chi connectivity index (χ2n) is 1.87. The van der Waals surface area contributed by atoms with E-state index < -0.39 is 0 Å². The largest absolute Gasteiger partial charge is 0.515 e. The van der Waals surface area contributed by atoms with Crippen molar-refractivity contribution in [2.24, 2.45) is 0 Å². The summed E-state index contributed by atoms with van der Waals surface area (Å²) >= 11 is 0. The highest BCUT2D eigenvalue weighted by molar-refractivity contribution is 5.17. The van der Waals surface area contributed by atoms with E-state index in [4.69, 9.17) is 5.11 Å². The highest BCUT2D eigenvalue weighted by Crippen LogP contribution is 1.65. The van der Waals surface area contributed by atoms with Gasteiger partial charge in [0.25, 0.3) is 0 Å². The monoisotopic (exact) mass is 120 g/mol. The van der Waals surface area contributed by atoms with Crippen LogP contribution in [-0.4, -0.2) is 5.11 Å². The lowest BCUT2D eigenvalue weighted by Crippen LogP contribution is -2.04. The molecule has 1 heteroatoms. The van der Waals surface area contributed by atoms with Crippen molar-refractivity contribution in [1.82, 2.24) is 0 Å². The van der Waals surface area contributed by atoms with Crippen LogP contribution in [0, 0.1) is 0 Å². The average Bonchev–Trinajstić information content (AvgIpc) is 1.90. The highest BCUT2D eigenvalue weighted by atomic mass is 16.2. The Hall–Kier alpha value is -1.24. The molecule has 0 radical (unpaired) electrons. The lowest BCUT2D eigenvalue weighted by molar-refractivity contribution is 0.540. The zero-order valence-electron chi connectivity index (χ0n) is 5.04. The molecule has 1 aromatic carbocycles. The molecule has 0 aliphatic carbocycles. The molecule has 0 heterocycles. The van der Waals surface area contributed by atoms with Crippen LogP contribution in [0.4, 0.5) is 0 Å². The third kappa shape index (κ3) is 1.32. The third-order valence-electron chi connectivity index (χ3n) is 1.13. The highest BCUT2D eigenvalue weighted by Gasteiger charge is 1.73. The van der Waals surface area contributed by atoms with Crippen molar-refractivity contribution in [3.05, 3.63) is 34.7 Å². The first-order valence-corrected chi connectivity index (χ1v) is 2.72. The molecule has 0 saturated carbocycles. The molecular formula is C8H8O. The number of aliphatic hydroxyl groups excluding tert-OH is 1. The van der Waals surface area contributed by atoms with Crippen LogP contribution in [0.5, 0.6) is 0 Å². The van der Waals surface area contributed by atoms with Crippen molar-refractivity contribution in [2.75, 3.05) is 0 Å². The maximum atomic E-state index is 8.48. The normalized spacial score (nSPS) is 8.89. The topological polar surface area (TPSA) is 20.2 Å². The van der Waals surface area contributed by atoms with E-state index in [2.05, 4.69) is 6.58 Å². The SMILES string of the molecule is C=c1ccc(=CO)cc1. The molecule has 1 aromatic rings. The molecule has 46 valence electrons.